The molecule has 1 aromatic rings. The maximum absolute atomic E-state index is 11.6. The molecule has 0 aliphatic carbocycles. The second kappa shape index (κ2) is 7.81. The Hall–Kier alpha value is -1.53. The van der Waals surface area contributed by atoms with E-state index in [9.17, 15) is 9.59 Å². The highest BCUT2D eigenvalue weighted by Crippen LogP contribution is 2.17. The van der Waals surface area contributed by atoms with Crippen molar-refractivity contribution in [2.45, 2.75) is 19.8 Å². The van der Waals surface area contributed by atoms with Gasteiger partial charge in [-0.05, 0) is 23.6 Å². The summed E-state index contributed by atoms with van der Waals surface area (Å²) in [6.45, 7) is 4.22. The SMILES string of the molecule is CC(C)c1ccc(NC(=O)CSCC(=O)NO)cc1. The fourth-order valence-corrected chi connectivity index (χ4v) is 2.03. The van der Waals surface area contributed by atoms with Crippen LogP contribution in [0.5, 0.6) is 0 Å². The van der Waals surface area contributed by atoms with Gasteiger partial charge in [-0.3, -0.25) is 14.8 Å². The molecule has 0 atom stereocenters. The Balaban J connectivity index is 2.38. The summed E-state index contributed by atoms with van der Waals surface area (Å²) in [6.07, 6.45) is 0. The molecule has 0 fully saturated rings. The van der Waals surface area contributed by atoms with Crippen LogP contribution in [-0.2, 0) is 9.59 Å². The fraction of sp³-hybridized carbons (Fsp3) is 0.385. The summed E-state index contributed by atoms with van der Waals surface area (Å²) in [7, 11) is 0. The lowest BCUT2D eigenvalue weighted by molar-refractivity contribution is -0.126. The van der Waals surface area contributed by atoms with Gasteiger partial charge in [0.2, 0.25) is 5.91 Å². The third-order valence-electron chi connectivity index (χ3n) is 2.45. The molecule has 1 aromatic carbocycles. The van der Waals surface area contributed by atoms with E-state index in [2.05, 4.69) is 19.2 Å². The van der Waals surface area contributed by atoms with Gasteiger partial charge >= 0.3 is 0 Å². The molecule has 0 bridgehead atoms. The summed E-state index contributed by atoms with van der Waals surface area (Å²) in [5, 5.41) is 11.0. The molecule has 0 saturated heterocycles. The van der Waals surface area contributed by atoms with Crippen LogP contribution in [0.4, 0.5) is 5.69 Å². The van der Waals surface area contributed by atoms with Crippen LogP contribution in [0.3, 0.4) is 0 Å². The molecule has 0 aromatic heterocycles. The molecular weight excluding hydrogens is 264 g/mol. The summed E-state index contributed by atoms with van der Waals surface area (Å²) in [4.78, 5) is 22.3. The minimum atomic E-state index is -0.515. The first-order valence-electron chi connectivity index (χ1n) is 5.93. The van der Waals surface area contributed by atoms with E-state index < -0.39 is 5.91 Å². The van der Waals surface area contributed by atoms with Gasteiger partial charge in [0, 0.05) is 5.69 Å². The highest BCUT2D eigenvalue weighted by molar-refractivity contribution is 8.00. The lowest BCUT2D eigenvalue weighted by atomic mass is 10.0. The minimum absolute atomic E-state index is 0.0518. The van der Waals surface area contributed by atoms with Gasteiger partial charge in [-0.25, -0.2) is 5.48 Å². The van der Waals surface area contributed by atoms with Gasteiger partial charge in [0.1, 0.15) is 0 Å². The molecule has 104 valence electrons. The number of nitrogens with one attached hydrogen (secondary N) is 2. The molecule has 0 aliphatic heterocycles. The summed E-state index contributed by atoms with van der Waals surface area (Å²) in [5.41, 5.74) is 3.47. The highest BCUT2D eigenvalue weighted by atomic mass is 32.2. The van der Waals surface area contributed by atoms with Crippen LogP contribution in [0.1, 0.15) is 25.3 Å². The molecular formula is C13H18N2O3S. The standard InChI is InChI=1S/C13H18N2O3S/c1-9(2)10-3-5-11(6-4-10)14-12(16)7-19-8-13(17)15-18/h3-6,9,18H,7-8H2,1-2H3,(H,14,16)(H,15,17). The topological polar surface area (TPSA) is 78.4 Å². The van der Waals surface area contributed by atoms with Crippen molar-refractivity contribution >= 4 is 29.3 Å². The molecule has 6 heteroatoms. The summed E-state index contributed by atoms with van der Waals surface area (Å²) in [5.74, 6) is -0.0142. The van der Waals surface area contributed by atoms with Crippen molar-refractivity contribution in [2.75, 3.05) is 16.8 Å². The molecule has 0 spiro atoms. The molecule has 0 unspecified atom stereocenters. The Morgan fingerprint density at radius 2 is 1.74 bits per heavy atom. The Labute approximate surface area is 116 Å². The predicted molar refractivity (Wildman–Crippen MR) is 76.4 cm³/mol. The number of anilines is 1. The monoisotopic (exact) mass is 282 g/mol. The van der Waals surface area contributed by atoms with Crippen molar-refractivity contribution in [3.63, 3.8) is 0 Å². The molecule has 19 heavy (non-hydrogen) atoms. The summed E-state index contributed by atoms with van der Waals surface area (Å²) in [6, 6.07) is 7.68. The normalized spacial score (nSPS) is 10.3. The number of carbonyl (C=O) groups is 2. The van der Waals surface area contributed by atoms with Gasteiger partial charge in [0.25, 0.3) is 5.91 Å². The third-order valence-corrected chi connectivity index (χ3v) is 3.38. The lowest BCUT2D eigenvalue weighted by Crippen LogP contribution is -2.22. The number of hydrogen-bond donors (Lipinski definition) is 3. The molecule has 0 aliphatic rings. The van der Waals surface area contributed by atoms with Crippen molar-refractivity contribution in [2.24, 2.45) is 0 Å². The minimum Gasteiger partial charge on any atom is -0.325 e. The van der Waals surface area contributed by atoms with Crippen molar-refractivity contribution in [1.82, 2.24) is 5.48 Å². The number of hydroxylamine groups is 1. The zero-order valence-corrected chi connectivity index (χ0v) is 11.8. The van der Waals surface area contributed by atoms with E-state index in [0.29, 0.717) is 5.92 Å². The lowest BCUT2D eigenvalue weighted by Gasteiger charge is -2.08. The van der Waals surface area contributed by atoms with Crippen LogP contribution in [0.2, 0.25) is 0 Å². The molecule has 5 nitrogen and oxygen atoms in total. The highest BCUT2D eigenvalue weighted by Gasteiger charge is 2.06. The molecule has 0 radical (unpaired) electrons. The Morgan fingerprint density at radius 1 is 1.16 bits per heavy atom. The number of hydrogen-bond acceptors (Lipinski definition) is 4. The summed E-state index contributed by atoms with van der Waals surface area (Å²) >= 11 is 1.14. The van der Waals surface area contributed by atoms with Gasteiger partial charge in [-0.15, -0.1) is 11.8 Å². The van der Waals surface area contributed by atoms with Gasteiger partial charge in [-0.2, -0.15) is 0 Å². The summed E-state index contributed by atoms with van der Waals surface area (Å²) < 4.78 is 0. The van der Waals surface area contributed by atoms with E-state index in [1.54, 1.807) is 0 Å². The Morgan fingerprint density at radius 3 is 2.26 bits per heavy atom. The maximum Gasteiger partial charge on any atom is 0.253 e. The molecule has 2 amide bonds. The molecule has 0 heterocycles. The first-order valence-corrected chi connectivity index (χ1v) is 7.09. The predicted octanol–water partition coefficient (Wildman–Crippen LogP) is 1.99. The largest absolute Gasteiger partial charge is 0.325 e. The third kappa shape index (κ3) is 5.76. The van der Waals surface area contributed by atoms with E-state index in [-0.39, 0.29) is 17.4 Å². The number of thioether (sulfide) groups is 1. The van der Waals surface area contributed by atoms with Crippen molar-refractivity contribution in [3.05, 3.63) is 29.8 Å². The van der Waals surface area contributed by atoms with Crippen LogP contribution >= 0.6 is 11.8 Å². The molecule has 3 N–H and O–H groups in total. The second-order valence-corrected chi connectivity index (χ2v) is 5.34. The van der Waals surface area contributed by atoms with E-state index in [4.69, 9.17) is 5.21 Å². The van der Waals surface area contributed by atoms with Crippen LogP contribution in [-0.4, -0.2) is 28.5 Å². The maximum atomic E-state index is 11.6. The van der Waals surface area contributed by atoms with Crippen LogP contribution in [0.25, 0.3) is 0 Å². The fourth-order valence-electron chi connectivity index (χ4n) is 1.42. The van der Waals surface area contributed by atoms with Gasteiger partial charge in [0.15, 0.2) is 0 Å². The Bertz CT molecular complexity index is 432. The average molecular weight is 282 g/mol. The number of benzene rings is 1. The zero-order chi connectivity index (χ0) is 14.3. The smallest absolute Gasteiger partial charge is 0.253 e. The van der Waals surface area contributed by atoms with Crippen LogP contribution in [0.15, 0.2) is 24.3 Å². The zero-order valence-electron chi connectivity index (χ0n) is 11.0. The van der Waals surface area contributed by atoms with Gasteiger partial charge in [0.05, 0.1) is 11.5 Å². The van der Waals surface area contributed by atoms with E-state index in [0.717, 1.165) is 17.4 Å². The van der Waals surface area contributed by atoms with E-state index in [1.807, 2.05) is 24.3 Å². The van der Waals surface area contributed by atoms with Gasteiger partial charge < -0.3 is 5.32 Å². The first kappa shape index (κ1) is 15.5. The molecule has 1 rings (SSSR count). The quantitative estimate of drug-likeness (QED) is 0.551. The van der Waals surface area contributed by atoms with Crippen molar-refractivity contribution in [1.29, 1.82) is 0 Å². The average Bonchev–Trinajstić information content (AvgIpc) is 2.39. The molecule has 0 saturated carbocycles. The number of rotatable bonds is 6. The van der Waals surface area contributed by atoms with E-state index >= 15 is 0 Å². The number of carbonyl (C=O) groups excluding carboxylic acids is 2. The van der Waals surface area contributed by atoms with Gasteiger partial charge in [-0.1, -0.05) is 26.0 Å². The Kier molecular flexibility index (Phi) is 6.38. The van der Waals surface area contributed by atoms with Crippen molar-refractivity contribution in [3.8, 4) is 0 Å². The number of amides is 2. The van der Waals surface area contributed by atoms with Crippen LogP contribution in [0, 0.1) is 0 Å². The second-order valence-electron chi connectivity index (χ2n) is 4.35. The first-order chi connectivity index (χ1) is 9.02. The van der Waals surface area contributed by atoms with Crippen LogP contribution < -0.4 is 10.8 Å². The van der Waals surface area contributed by atoms with Crippen molar-refractivity contribution < 1.29 is 14.8 Å². The van der Waals surface area contributed by atoms with E-state index in [1.165, 1.54) is 11.0 Å².